The predicted octanol–water partition coefficient (Wildman–Crippen LogP) is 3.50. The van der Waals surface area contributed by atoms with Crippen molar-refractivity contribution in [2.45, 2.75) is 20.1 Å². The number of rotatable bonds is 5. The Bertz CT molecular complexity index is 917. The van der Waals surface area contributed by atoms with Gasteiger partial charge in [-0.3, -0.25) is 0 Å². The van der Waals surface area contributed by atoms with Crippen LogP contribution in [0.5, 0.6) is 5.75 Å². The highest BCUT2D eigenvalue weighted by Gasteiger charge is 2.14. The number of nitrogens with zero attached hydrogens (tertiary/aromatic N) is 5. The Morgan fingerprint density at radius 2 is 2.12 bits per heavy atom. The second-order valence-corrected chi connectivity index (χ2v) is 7.04. The maximum Gasteiger partial charge on any atom is 0.138 e. The van der Waals surface area contributed by atoms with E-state index in [0.29, 0.717) is 39.7 Å². The molecule has 2 N–H and O–H groups in total. The lowest BCUT2D eigenvalue weighted by molar-refractivity contribution is 0.300. The molecule has 2 aromatic heterocycles. The number of benzene rings is 1. The van der Waals surface area contributed by atoms with Gasteiger partial charge in [-0.25, -0.2) is 14.6 Å². The number of nitrogens with two attached hydrogens (primary N) is 1. The molecule has 0 aliphatic rings. The minimum Gasteiger partial charge on any atom is -0.486 e. The summed E-state index contributed by atoms with van der Waals surface area (Å²) in [4.78, 5) is 8.31. The van der Waals surface area contributed by atoms with Crippen LogP contribution in [-0.2, 0) is 13.2 Å². The van der Waals surface area contributed by atoms with Gasteiger partial charge in [-0.05, 0) is 47.7 Å². The number of ether oxygens (including phenoxy) is 1. The minimum absolute atomic E-state index is 0.236. The van der Waals surface area contributed by atoms with Crippen LogP contribution in [0.4, 0.5) is 5.82 Å². The molecule has 0 radical (unpaired) electrons. The second kappa shape index (κ2) is 7.71. The fraction of sp³-hybridized carbons (Fsp3) is 0.200. The average Bonchev–Trinajstić information content (AvgIpc) is 2.90. The number of nitrogen functional groups attached to an aromatic ring is 1. The van der Waals surface area contributed by atoms with E-state index in [9.17, 15) is 0 Å². The van der Waals surface area contributed by atoms with E-state index in [1.165, 1.54) is 0 Å². The summed E-state index contributed by atoms with van der Waals surface area (Å²) in [5.41, 5.74) is 7.40. The fourth-order valence-corrected chi connectivity index (χ4v) is 3.05. The highest BCUT2D eigenvalue weighted by molar-refractivity contribution is 14.1. The number of hydrogen-bond donors (Lipinski definition) is 1. The molecule has 0 spiro atoms. The molecule has 130 valence electrons. The average molecular weight is 491 g/mol. The van der Waals surface area contributed by atoms with Crippen molar-refractivity contribution in [2.75, 3.05) is 5.73 Å². The van der Waals surface area contributed by atoms with Crippen molar-refractivity contribution in [1.29, 1.82) is 0 Å². The van der Waals surface area contributed by atoms with Crippen LogP contribution in [0.3, 0.4) is 0 Å². The van der Waals surface area contributed by atoms with Gasteiger partial charge in [-0.2, -0.15) is 0 Å². The molecule has 0 aliphatic heterocycles. The van der Waals surface area contributed by atoms with Crippen LogP contribution in [0.15, 0.2) is 24.4 Å². The van der Waals surface area contributed by atoms with Gasteiger partial charge in [0.05, 0.1) is 11.6 Å². The molecule has 3 rings (SSSR count). The Balaban J connectivity index is 1.72. The summed E-state index contributed by atoms with van der Waals surface area (Å²) in [6.07, 6.45) is 1.69. The van der Waals surface area contributed by atoms with Crippen LogP contribution in [0.1, 0.15) is 17.1 Å². The van der Waals surface area contributed by atoms with Crippen molar-refractivity contribution in [3.63, 3.8) is 0 Å². The van der Waals surface area contributed by atoms with E-state index < -0.39 is 0 Å². The number of anilines is 1. The first kappa shape index (κ1) is 18.2. The monoisotopic (exact) mass is 490 g/mol. The zero-order valence-electron chi connectivity index (χ0n) is 13.1. The van der Waals surface area contributed by atoms with Gasteiger partial charge in [-0.15, -0.1) is 5.10 Å². The van der Waals surface area contributed by atoms with Crippen molar-refractivity contribution >= 4 is 51.6 Å². The molecule has 7 nitrogen and oxygen atoms in total. The van der Waals surface area contributed by atoms with E-state index in [0.717, 1.165) is 9.26 Å². The van der Waals surface area contributed by atoms with E-state index in [-0.39, 0.29) is 6.61 Å². The summed E-state index contributed by atoms with van der Waals surface area (Å²) in [6.45, 7) is 2.45. The van der Waals surface area contributed by atoms with Crippen LogP contribution >= 0.6 is 45.8 Å². The van der Waals surface area contributed by atoms with Gasteiger partial charge in [0.15, 0.2) is 0 Å². The maximum absolute atomic E-state index is 6.10. The first-order valence-corrected chi connectivity index (χ1v) is 9.01. The zero-order valence-corrected chi connectivity index (χ0v) is 16.7. The molecule has 0 amide bonds. The highest BCUT2D eigenvalue weighted by Crippen LogP contribution is 2.28. The molecule has 3 aromatic rings. The largest absolute Gasteiger partial charge is 0.486 e. The highest BCUT2D eigenvalue weighted by atomic mass is 127. The van der Waals surface area contributed by atoms with E-state index in [2.05, 4.69) is 42.9 Å². The van der Waals surface area contributed by atoms with Crippen LogP contribution in [0, 0.1) is 10.6 Å². The van der Waals surface area contributed by atoms with Gasteiger partial charge in [0, 0.05) is 16.8 Å². The number of halogens is 3. The fourth-order valence-electron chi connectivity index (χ4n) is 2.06. The van der Waals surface area contributed by atoms with Crippen molar-refractivity contribution in [1.82, 2.24) is 25.0 Å². The number of aryl methyl sites for hydroxylation is 1. The Morgan fingerprint density at radius 3 is 2.84 bits per heavy atom. The number of aromatic nitrogens is 5. The molecule has 0 bridgehead atoms. The van der Waals surface area contributed by atoms with Crippen LogP contribution in [0.25, 0.3) is 0 Å². The van der Waals surface area contributed by atoms with Gasteiger partial charge in [-0.1, -0.05) is 28.4 Å². The van der Waals surface area contributed by atoms with Crippen molar-refractivity contribution in [2.24, 2.45) is 0 Å². The van der Waals surface area contributed by atoms with E-state index in [1.54, 1.807) is 36.0 Å². The molecule has 0 aliphatic carbocycles. The molecule has 0 atom stereocenters. The van der Waals surface area contributed by atoms with Crippen LogP contribution < -0.4 is 10.5 Å². The molecular weight excluding hydrogens is 478 g/mol. The van der Waals surface area contributed by atoms with Crippen molar-refractivity contribution in [3.8, 4) is 5.75 Å². The zero-order chi connectivity index (χ0) is 18.0. The van der Waals surface area contributed by atoms with Gasteiger partial charge < -0.3 is 10.5 Å². The molecule has 0 saturated heterocycles. The summed E-state index contributed by atoms with van der Waals surface area (Å²) in [5, 5.41) is 9.28. The normalized spacial score (nSPS) is 10.9. The Hall–Kier alpha value is -1.65. The first-order chi connectivity index (χ1) is 11.9. The van der Waals surface area contributed by atoms with Gasteiger partial charge in [0.2, 0.25) is 0 Å². The molecule has 10 heteroatoms. The number of hydrogen-bond acceptors (Lipinski definition) is 6. The standard InChI is InChI=1S/C15H13Cl2IN6O/c1-8-20-5-9(15(19)21-8)6-24-14(18)12(22-23-24)7-25-13-3-2-10(16)4-11(13)17/h2-5H,6-7H2,1H3,(H2,19,20,21). The maximum atomic E-state index is 6.10. The molecular formula is C15H13Cl2IN6O. The van der Waals surface area contributed by atoms with Crippen LogP contribution in [-0.4, -0.2) is 25.0 Å². The Labute approximate surface area is 167 Å². The lowest BCUT2D eigenvalue weighted by atomic mass is 10.3. The Morgan fingerprint density at radius 1 is 1.32 bits per heavy atom. The van der Waals surface area contributed by atoms with E-state index in [4.69, 9.17) is 33.7 Å². The molecule has 0 saturated carbocycles. The SMILES string of the molecule is Cc1ncc(Cn2nnc(COc3ccc(Cl)cc3Cl)c2I)c(N)n1. The summed E-state index contributed by atoms with van der Waals surface area (Å²) in [6, 6.07) is 5.05. The molecule has 0 unspecified atom stereocenters. The Kier molecular flexibility index (Phi) is 5.60. The lowest BCUT2D eigenvalue weighted by Crippen LogP contribution is -2.09. The smallest absolute Gasteiger partial charge is 0.138 e. The topological polar surface area (TPSA) is 91.7 Å². The summed E-state index contributed by atoms with van der Waals surface area (Å²) in [5.74, 6) is 1.60. The third-order valence-electron chi connectivity index (χ3n) is 3.34. The van der Waals surface area contributed by atoms with Gasteiger partial charge >= 0.3 is 0 Å². The summed E-state index contributed by atoms with van der Waals surface area (Å²) >= 11 is 14.1. The molecule has 1 aromatic carbocycles. The second-order valence-electron chi connectivity index (χ2n) is 5.18. The molecule has 0 fully saturated rings. The van der Waals surface area contributed by atoms with Crippen LogP contribution in [0.2, 0.25) is 10.0 Å². The summed E-state index contributed by atoms with van der Waals surface area (Å²) < 4.78 is 8.25. The van der Waals surface area contributed by atoms with Crippen molar-refractivity contribution in [3.05, 3.63) is 55.2 Å². The third-order valence-corrected chi connectivity index (χ3v) is 5.05. The van der Waals surface area contributed by atoms with Gasteiger partial charge in [0.1, 0.15) is 33.4 Å². The quantitative estimate of drug-likeness (QED) is 0.550. The van der Waals surface area contributed by atoms with Gasteiger partial charge in [0.25, 0.3) is 0 Å². The third kappa shape index (κ3) is 4.31. The van der Waals surface area contributed by atoms with E-state index >= 15 is 0 Å². The minimum atomic E-state index is 0.236. The molecule has 25 heavy (non-hydrogen) atoms. The first-order valence-electron chi connectivity index (χ1n) is 7.17. The molecule has 2 heterocycles. The lowest BCUT2D eigenvalue weighted by Gasteiger charge is -2.08. The predicted molar refractivity (Wildman–Crippen MR) is 104 cm³/mol. The van der Waals surface area contributed by atoms with Crippen molar-refractivity contribution < 1.29 is 4.74 Å². The summed E-state index contributed by atoms with van der Waals surface area (Å²) in [7, 11) is 0. The van der Waals surface area contributed by atoms with E-state index in [1.807, 2.05) is 0 Å².